The fourth-order valence-corrected chi connectivity index (χ4v) is 2.51. The van der Waals surface area contributed by atoms with Crippen molar-refractivity contribution in [3.63, 3.8) is 0 Å². The molecule has 2 N–H and O–H groups in total. The lowest BCUT2D eigenvalue weighted by molar-refractivity contribution is 0.290. The van der Waals surface area contributed by atoms with Crippen molar-refractivity contribution < 1.29 is 0 Å². The summed E-state index contributed by atoms with van der Waals surface area (Å²) in [6, 6.07) is 0.408. The van der Waals surface area contributed by atoms with Crippen molar-refractivity contribution in [2.75, 3.05) is 13.1 Å². The third-order valence-electron chi connectivity index (χ3n) is 1.65. The molecule has 0 aromatic rings. The summed E-state index contributed by atoms with van der Waals surface area (Å²) in [6.45, 7) is 4.52. The highest BCUT2D eigenvalue weighted by Crippen LogP contribution is 2.17. The highest BCUT2D eigenvalue weighted by atomic mass is 127. The molecule has 2 atom stereocenters. The predicted molar refractivity (Wildman–Crippen MR) is 47.3 cm³/mol. The van der Waals surface area contributed by atoms with E-state index in [9.17, 15) is 0 Å². The molecule has 1 aliphatic heterocycles. The van der Waals surface area contributed by atoms with Crippen molar-refractivity contribution in [1.82, 2.24) is 3.11 Å². The highest BCUT2D eigenvalue weighted by molar-refractivity contribution is 14.1. The van der Waals surface area contributed by atoms with Gasteiger partial charge in [-0.05, 0) is 12.3 Å². The first-order valence-corrected chi connectivity index (χ1v) is 4.31. The van der Waals surface area contributed by atoms with Crippen LogP contribution in [0.25, 0.3) is 0 Å². The maximum absolute atomic E-state index is 5.77. The Balaban J connectivity index is 2.34. The van der Waals surface area contributed by atoms with Crippen LogP contribution in [0.1, 0.15) is 13.3 Å². The van der Waals surface area contributed by atoms with Crippen LogP contribution in [-0.4, -0.2) is 22.2 Å². The maximum atomic E-state index is 5.77. The topological polar surface area (TPSA) is 29.3 Å². The Morgan fingerprint density at radius 3 is 2.67 bits per heavy atom. The van der Waals surface area contributed by atoms with Crippen LogP contribution in [0.4, 0.5) is 0 Å². The molecule has 1 rings (SSSR count). The summed E-state index contributed by atoms with van der Waals surface area (Å²) < 4.78 is 2.27. The first-order valence-electron chi connectivity index (χ1n) is 3.35. The first kappa shape index (κ1) is 7.75. The minimum absolute atomic E-state index is 0.408. The van der Waals surface area contributed by atoms with Crippen LogP contribution in [0.5, 0.6) is 0 Å². The van der Waals surface area contributed by atoms with Crippen LogP contribution in [0.3, 0.4) is 0 Å². The lowest BCUT2D eigenvalue weighted by Crippen LogP contribution is -2.41. The van der Waals surface area contributed by atoms with Gasteiger partial charge in [-0.1, -0.05) is 6.92 Å². The summed E-state index contributed by atoms with van der Waals surface area (Å²) in [4.78, 5) is 0. The number of nitrogens with two attached hydrogens (primary N) is 1. The van der Waals surface area contributed by atoms with Gasteiger partial charge in [0, 0.05) is 42.0 Å². The van der Waals surface area contributed by atoms with Crippen molar-refractivity contribution in [3.8, 4) is 0 Å². The quantitative estimate of drug-likeness (QED) is 0.505. The van der Waals surface area contributed by atoms with Crippen molar-refractivity contribution in [2.24, 2.45) is 11.7 Å². The SMILES string of the molecule is CC1CC(N)CN(I)C1. The molecule has 9 heavy (non-hydrogen) atoms. The highest BCUT2D eigenvalue weighted by Gasteiger charge is 2.19. The summed E-state index contributed by atoms with van der Waals surface area (Å²) in [5.41, 5.74) is 5.77. The fraction of sp³-hybridized carbons (Fsp3) is 1.00. The average Bonchev–Trinajstić information content (AvgIpc) is 1.59. The predicted octanol–water partition coefficient (Wildman–Crippen LogP) is 1.01. The van der Waals surface area contributed by atoms with E-state index in [1.807, 2.05) is 0 Å². The van der Waals surface area contributed by atoms with E-state index >= 15 is 0 Å². The minimum Gasteiger partial charge on any atom is -0.327 e. The molecule has 1 saturated heterocycles. The zero-order valence-electron chi connectivity index (χ0n) is 5.68. The molecule has 54 valence electrons. The molecule has 0 aromatic carbocycles. The fourth-order valence-electron chi connectivity index (χ4n) is 1.33. The van der Waals surface area contributed by atoms with Gasteiger partial charge in [0.05, 0.1) is 0 Å². The molecule has 2 unspecified atom stereocenters. The summed E-state index contributed by atoms with van der Waals surface area (Å²) in [6.07, 6.45) is 1.19. The monoisotopic (exact) mass is 240 g/mol. The summed E-state index contributed by atoms with van der Waals surface area (Å²) in [5, 5.41) is 0. The van der Waals surface area contributed by atoms with E-state index in [0.29, 0.717) is 6.04 Å². The largest absolute Gasteiger partial charge is 0.327 e. The van der Waals surface area contributed by atoms with Crippen LogP contribution in [0.15, 0.2) is 0 Å². The Hall–Kier alpha value is 0.650. The lowest BCUT2D eigenvalue weighted by Gasteiger charge is -2.29. The molecule has 0 aromatic heterocycles. The molecule has 1 aliphatic rings. The Morgan fingerprint density at radius 1 is 1.56 bits per heavy atom. The average molecular weight is 240 g/mol. The molecule has 1 heterocycles. The van der Waals surface area contributed by atoms with Gasteiger partial charge in [-0.2, -0.15) is 0 Å². The van der Waals surface area contributed by atoms with Gasteiger partial charge in [0.1, 0.15) is 0 Å². The van der Waals surface area contributed by atoms with Gasteiger partial charge in [-0.25, -0.2) is 3.11 Å². The molecule has 2 nitrogen and oxygen atoms in total. The summed E-state index contributed by atoms with van der Waals surface area (Å²) in [5.74, 6) is 0.783. The Kier molecular flexibility index (Phi) is 2.73. The second kappa shape index (κ2) is 3.16. The van der Waals surface area contributed by atoms with E-state index < -0.39 is 0 Å². The number of hydrogen-bond acceptors (Lipinski definition) is 2. The summed E-state index contributed by atoms with van der Waals surface area (Å²) in [7, 11) is 0. The first-order chi connectivity index (χ1) is 4.18. The number of nitrogens with zero attached hydrogens (tertiary/aromatic N) is 1. The summed E-state index contributed by atoms with van der Waals surface area (Å²) >= 11 is 2.34. The van der Waals surface area contributed by atoms with Crippen LogP contribution in [0, 0.1) is 5.92 Å². The molecule has 0 spiro atoms. The molecule has 0 bridgehead atoms. The molecule has 1 fully saturated rings. The number of rotatable bonds is 0. The second-order valence-corrected chi connectivity index (χ2v) is 4.29. The third-order valence-corrected chi connectivity index (χ3v) is 2.44. The molecular weight excluding hydrogens is 227 g/mol. The molecule has 0 aliphatic carbocycles. The van der Waals surface area contributed by atoms with Crippen molar-refractivity contribution in [1.29, 1.82) is 0 Å². The standard InChI is InChI=1S/C6H13IN2/c1-5-2-6(8)4-9(7)3-5/h5-6H,2-4,8H2,1H3. The van der Waals surface area contributed by atoms with Gasteiger partial charge < -0.3 is 5.73 Å². The van der Waals surface area contributed by atoms with E-state index in [-0.39, 0.29) is 0 Å². The van der Waals surface area contributed by atoms with Crippen LogP contribution in [-0.2, 0) is 0 Å². The van der Waals surface area contributed by atoms with Gasteiger partial charge in [0.25, 0.3) is 0 Å². The van der Waals surface area contributed by atoms with Crippen LogP contribution >= 0.6 is 22.9 Å². The zero-order chi connectivity index (χ0) is 6.85. The Morgan fingerprint density at radius 2 is 2.22 bits per heavy atom. The zero-order valence-corrected chi connectivity index (χ0v) is 7.84. The third kappa shape index (κ3) is 2.39. The smallest absolute Gasteiger partial charge is 0.0233 e. The van der Waals surface area contributed by atoms with E-state index in [1.54, 1.807) is 0 Å². The molecule has 0 amide bonds. The van der Waals surface area contributed by atoms with Crippen molar-refractivity contribution in [3.05, 3.63) is 0 Å². The van der Waals surface area contributed by atoms with E-state index in [1.165, 1.54) is 13.0 Å². The van der Waals surface area contributed by atoms with Gasteiger partial charge in [-0.15, -0.1) is 0 Å². The Bertz CT molecular complexity index is 72.0. The van der Waals surface area contributed by atoms with E-state index in [4.69, 9.17) is 5.73 Å². The molecule has 0 radical (unpaired) electrons. The minimum atomic E-state index is 0.408. The van der Waals surface area contributed by atoms with Gasteiger partial charge >= 0.3 is 0 Å². The van der Waals surface area contributed by atoms with Gasteiger partial charge in [0.15, 0.2) is 0 Å². The van der Waals surface area contributed by atoms with Gasteiger partial charge in [0.2, 0.25) is 0 Å². The number of hydrogen-bond donors (Lipinski definition) is 1. The lowest BCUT2D eigenvalue weighted by atomic mass is 9.99. The second-order valence-electron chi connectivity index (χ2n) is 2.93. The van der Waals surface area contributed by atoms with Crippen molar-refractivity contribution in [2.45, 2.75) is 19.4 Å². The number of piperidine rings is 1. The normalized spacial score (nSPS) is 39.0. The molecule has 3 heteroatoms. The molecule has 0 saturated carbocycles. The van der Waals surface area contributed by atoms with Crippen LogP contribution < -0.4 is 5.73 Å². The van der Waals surface area contributed by atoms with E-state index in [2.05, 4.69) is 32.9 Å². The van der Waals surface area contributed by atoms with Gasteiger partial charge in [-0.3, -0.25) is 0 Å². The van der Waals surface area contributed by atoms with E-state index in [0.717, 1.165) is 12.5 Å². The number of halogens is 1. The Labute approximate surface area is 70.3 Å². The molecular formula is C6H13IN2. The maximum Gasteiger partial charge on any atom is 0.0233 e. The van der Waals surface area contributed by atoms with Crippen LogP contribution in [0.2, 0.25) is 0 Å². The van der Waals surface area contributed by atoms with Crippen molar-refractivity contribution >= 4 is 22.9 Å².